The van der Waals surface area contributed by atoms with E-state index in [1.54, 1.807) is 6.08 Å². The fraction of sp³-hybridized carbons (Fsp3) is 0.100. The van der Waals surface area contributed by atoms with Crippen LogP contribution in [-0.4, -0.2) is 34.2 Å². The molecule has 2 aliphatic heterocycles. The minimum absolute atomic E-state index is 0.0401. The van der Waals surface area contributed by atoms with Crippen molar-refractivity contribution in [2.45, 2.75) is 6.54 Å². The number of ether oxygens (including phenoxy) is 2. The van der Waals surface area contributed by atoms with E-state index in [1.165, 1.54) is 25.3 Å². The van der Waals surface area contributed by atoms with Crippen LogP contribution in [0.3, 0.4) is 0 Å². The predicted octanol–water partition coefficient (Wildman–Crippen LogP) is 6.15. The smallest absolute Gasteiger partial charge is 0.330 e. The number of rotatable bonds is 8. The molecular weight excluding hydrogens is 488 g/mol. The summed E-state index contributed by atoms with van der Waals surface area (Å²) in [6.45, 7) is 0.879. The quantitative estimate of drug-likeness (QED) is 0.185. The highest BCUT2D eigenvalue weighted by atomic mass is 19.2. The summed E-state index contributed by atoms with van der Waals surface area (Å²) in [6.07, 6.45) is 6.65. The van der Waals surface area contributed by atoms with Crippen molar-refractivity contribution < 1.29 is 23.0 Å². The predicted molar refractivity (Wildman–Crippen MR) is 140 cm³/mol. The molecule has 0 aromatic heterocycles. The van der Waals surface area contributed by atoms with E-state index in [1.807, 2.05) is 47.3 Å². The summed E-state index contributed by atoms with van der Waals surface area (Å²) < 4.78 is 39.9. The molecule has 0 fully saturated rings. The Labute approximate surface area is 218 Å². The first kappa shape index (κ1) is 24.8. The van der Waals surface area contributed by atoms with Crippen LogP contribution >= 0.6 is 0 Å². The van der Waals surface area contributed by atoms with Crippen LogP contribution in [0.2, 0.25) is 0 Å². The van der Waals surface area contributed by atoms with Gasteiger partial charge in [-0.15, -0.1) is 0 Å². The molecule has 0 saturated heterocycles. The minimum Gasteiger partial charge on any atom is -0.490 e. The molecule has 190 valence electrons. The largest absolute Gasteiger partial charge is 0.490 e. The Morgan fingerprint density at radius 3 is 2.37 bits per heavy atom. The second-order valence-electron chi connectivity index (χ2n) is 8.49. The molecule has 0 amide bonds. The molecule has 0 radical (unpaired) electrons. The van der Waals surface area contributed by atoms with Gasteiger partial charge in [-0.05, 0) is 53.1 Å². The van der Waals surface area contributed by atoms with Crippen molar-refractivity contribution in [1.29, 1.82) is 0 Å². The van der Waals surface area contributed by atoms with Crippen molar-refractivity contribution in [3.63, 3.8) is 0 Å². The minimum atomic E-state index is -0.953. The maximum atomic E-state index is 14.2. The molecule has 38 heavy (non-hydrogen) atoms. The number of aromatic nitrogens is 3. The molecule has 6 nitrogen and oxygen atoms in total. The number of esters is 1. The van der Waals surface area contributed by atoms with Crippen molar-refractivity contribution in [3.05, 3.63) is 115 Å². The highest BCUT2D eigenvalue weighted by Gasteiger charge is 2.17. The van der Waals surface area contributed by atoms with E-state index in [4.69, 9.17) is 4.74 Å². The van der Waals surface area contributed by atoms with Crippen molar-refractivity contribution in [2.75, 3.05) is 13.7 Å². The zero-order valence-corrected chi connectivity index (χ0v) is 20.5. The lowest BCUT2D eigenvalue weighted by molar-refractivity contribution is -0.134. The monoisotopic (exact) mass is 511 g/mol. The second kappa shape index (κ2) is 11.0. The molecule has 0 saturated carbocycles. The van der Waals surface area contributed by atoms with Crippen LogP contribution in [0.4, 0.5) is 8.78 Å². The van der Waals surface area contributed by atoms with Gasteiger partial charge in [0.15, 0.2) is 17.5 Å². The van der Waals surface area contributed by atoms with E-state index in [-0.39, 0.29) is 18.0 Å². The van der Waals surface area contributed by atoms with Gasteiger partial charge in [0, 0.05) is 25.0 Å². The molecule has 0 atom stereocenters. The van der Waals surface area contributed by atoms with Crippen LogP contribution in [0.25, 0.3) is 33.9 Å². The fourth-order valence-electron chi connectivity index (χ4n) is 3.96. The molecule has 5 rings (SSSR count). The van der Waals surface area contributed by atoms with Gasteiger partial charge in [-0.1, -0.05) is 42.5 Å². The number of benzene rings is 3. The third-order valence-electron chi connectivity index (χ3n) is 5.93. The van der Waals surface area contributed by atoms with Gasteiger partial charge >= 0.3 is 5.97 Å². The molecule has 2 aliphatic rings. The number of imidazole rings is 1. The number of pyridine rings is 1. The molecule has 8 heteroatoms. The number of fused-ring (bicyclic) bond motifs is 1. The first-order chi connectivity index (χ1) is 18.5. The Morgan fingerprint density at radius 1 is 0.921 bits per heavy atom. The molecule has 0 N–H and O–H groups in total. The zero-order chi connectivity index (χ0) is 26.5. The number of halogens is 2. The van der Waals surface area contributed by atoms with Gasteiger partial charge in [0.25, 0.3) is 0 Å². The third-order valence-corrected chi connectivity index (χ3v) is 5.93. The van der Waals surface area contributed by atoms with E-state index in [2.05, 4.69) is 39.0 Å². The molecule has 0 aliphatic carbocycles. The Bertz CT molecular complexity index is 1560. The van der Waals surface area contributed by atoms with Crippen LogP contribution in [0.15, 0.2) is 97.3 Å². The maximum absolute atomic E-state index is 14.2. The highest BCUT2D eigenvalue weighted by Crippen LogP contribution is 2.28. The number of hydrogen-bond acceptors (Lipinski definition) is 5. The van der Waals surface area contributed by atoms with Crippen molar-refractivity contribution >= 4 is 5.97 Å². The van der Waals surface area contributed by atoms with Gasteiger partial charge in [-0.25, -0.2) is 23.5 Å². The van der Waals surface area contributed by atoms with E-state index in [9.17, 15) is 13.6 Å². The van der Waals surface area contributed by atoms with Crippen LogP contribution in [0.1, 0.15) is 5.56 Å². The van der Waals surface area contributed by atoms with E-state index in [0.717, 1.165) is 22.8 Å². The first-order valence-corrected chi connectivity index (χ1v) is 11.8. The maximum Gasteiger partial charge on any atom is 0.330 e. The summed E-state index contributed by atoms with van der Waals surface area (Å²) >= 11 is 0. The average Bonchev–Trinajstić information content (AvgIpc) is 3.36. The molecule has 3 aromatic carbocycles. The van der Waals surface area contributed by atoms with Crippen LogP contribution in [-0.2, 0) is 16.1 Å². The summed E-state index contributed by atoms with van der Waals surface area (Å²) in [5.74, 6) is -1.44. The van der Waals surface area contributed by atoms with E-state index < -0.39 is 17.6 Å². The van der Waals surface area contributed by atoms with Gasteiger partial charge in [0.05, 0.1) is 18.4 Å². The van der Waals surface area contributed by atoms with E-state index in [0.29, 0.717) is 23.7 Å². The number of methoxy groups -OCH3 is 1. The molecular formula is C30H23F2N3O3. The standard InChI is InChI=1S/C30H23F2N3O3/c1-37-28(36)6-3-17-38-23-13-11-22(12-14-23)21-9-7-20(8-10-21)18-35-16-15-26-27(19-35)34-30(33-26)24-4-2-5-25(31)29(24)32/h2-16,19H,17-18H2,1H3. The molecule has 0 bridgehead atoms. The second-order valence-corrected chi connectivity index (χ2v) is 8.49. The number of nitrogens with zero attached hydrogens (tertiary/aromatic N) is 3. The van der Waals surface area contributed by atoms with Crippen LogP contribution in [0, 0.1) is 11.6 Å². The third kappa shape index (κ3) is 5.59. The lowest BCUT2D eigenvalue weighted by Crippen LogP contribution is -2.00. The Hall–Kier alpha value is -4.85. The van der Waals surface area contributed by atoms with Gasteiger partial charge < -0.3 is 14.0 Å². The SMILES string of the molecule is COC(=O)C=CCOc1ccc(-c2ccc(Cn3ccc4nc(-c5cccc(F)c5F)nc-4c3)cc2)cc1. The number of carbonyl (C=O) groups is 1. The van der Waals surface area contributed by atoms with Crippen LogP contribution < -0.4 is 4.74 Å². The lowest BCUT2D eigenvalue weighted by Gasteiger charge is -2.10. The van der Waals surface area contributed by atoms with Crippen molar-refractivity contribution in [1.82, 2.24) is 14.5 Å². The molecule has 3 aromatic rings. The lowest BCUT2D eigenvalue weighted by atomic mass is 10.0. The fourth-order valence-corrected chi connectivity index (χ4v) is 3.96. The topological polar surface area (TPSA) is 66.2 Å². The Balaban J connectivity index is 1.24. The van der Waals surface area contributed by atoms with Gasteiger partial charge in [-0.3, -0.25) is 0 Å². The van der Waals surface area contributed by atoms with Gasteiger partial charge in [0.1, 0.15) is 18.1 Å². The van der Waals surface area contributed by atoms with Crippen LogP contribution in [0.5, 0.6) is 5.75 Å². The number of hydrogen-bond donors (Lipinski definition) is 0. The highest BCUT2D eigenvalue weighted by molar-refractivity contribution is 5.81. The number of carbonyl (C=O) groups excluding carboxylic acids is 1. The molecule has 0 unspecified atom stereocenters. The summed E-state index contributed by atoms with van der Waals surface area (Å²) in [7, 11) is 1.33. The summed E-state index contributed by atoms with van der Waals surface area (Å²) in [5.41, 5.74) is 4.46. The molecule has 0 spiro atoms. The Morgan fingerprint density at radius 2 is 1.63 bits per heavy atom. The normalized spacial score (nSPS) is 11.2. The van der Waals surface area contributed by atoms with Gasteiger partial charge in [-0.2, -0.15) is 0 Å². The first-order valence-electron chi connectivity index (χ1n) is 11.8. The average molecular weight is 512 g/mol. The summed E-state index contributed by atoms with van der Waals surface area (Å²) in [5, 5.41) is 0. The van der Waals surface area contributed by atoms with Crippen molar-refractivity contribution in [3.8, 4) is 39.7 Å². The van der Waals surface area contributed by atoms with Crippen molar-refractivity contribution in [2.24, 2.45) is 0 Å². The summed E-state index contributed by atoms with van der Waals surface area (Å²) in [6, 6.07) is 21.7. The molecule has 2 heterocycles. The zero-order valence-electron chi connectivity index (χ0n) is 20.5. The Kier molecular flexibility index (Phi) is 7.21. The van der Waals surface area contributed by atoms with E-state index >= 15 is 0 Å². The van der Waals surface area contributed by atoms with Gasteiger partial charge in [0.2, 0.25) is 0 Å². The summed E-state index contributed by atoms with van der Waals surface area (Å²) in [4.78, 5) is 19.8.